The summed E-state index contributed by atoms with van der Waals surface area (Å²) in [7, 11) is 0. The number of imide groups is 1. The van der Waals surface area contributed by atoms with Gasteiger partial charge in [-0.3, -0.25) is 14.5 Å². The number of fused-ring (bicyclic) bond motifs is 1. The van der Waals surface area contributed by atoms with E-state index in [2.05, 4.69) is 26.8 Å². The van der Waals surface area contributed by atoms with E-state index in [4.69, 9.17) is 4.74 Å². The molecular formula is C20H25NO3. The number of carbonyl (C=O) groups is 2. The molecule has 3 rings (SSSR count). The first-order valence-corrected chi connectivity index (χ1v) is 8.72. The van der Waals surface area contributed by atoms with Crippen LogP contribution in [0.1, 0.15) is 43.7 Å². The van der Waals surface area contributed by atoms with Gasteiger partial charge in [0.15, 0.2) is 0 Å². The molecular weight excluding hydrogens is 302 g/mol. The fraction of sp³-hybridized carbons (Fsp3) is 0.500. The van der Waals surface area contributed by atoms with Gasteiger partial charge in [-0.1, -0.05) is 32.1 Å². The summed E-state index contributed by atoms with van der Waals surface area (Å²) >= 11 is 0. The molecule has 2 unspecified atom stereocenters. The molecule has 2 atom stereocenters. The van der Waals surface area contributed by atoms with Gasteiger partial charge in [0.2, 0.25) is 11.8 Å². The summed E-state index contributed by atoms with van der Waals surface area (Å²) in [6.07, 6.45) is 5.38. The number of carbonyl (C=O) groups excluding carboxylic acids is 2. The Hall–Kier alpha value is -2.10. The summed E-state index contributed by atoms with van der Waals surface area (Å²) in [5.41, 5.74) is 2.51. The second-order valence-electron chi connectivity index (χ2n) is 7.01. The summed E-state index contributed by atoms with van der Waals surface area (Å²) in [5, 5.41) is 0. The highest BCUT2D eigenvalue weighted by atomic mass is 16.5. The molecule has 1 aromatic rings. The minimum absolute atomic E-state index is 0.0377. The van der Waals surface area contributed by atoms with E-state index in [-0.39, 0.29) is 23.7 Å². The van der Waals surface area contributed by atoms with E-state index in [0.717, 1.165) is 5.75 Å². The minimum atomic E-state index is -0.157. The first-order valence-electron chi connectivity index (χ1n) is 8.72. The number of rotatable bonds is 5. The number of ether oxygens (including phenoxy) is 1. The lowest BCUT2D eigenvalue weighted by Gasteiger charge is -2.16. The van der Waals surface area contributed by atoms with Crippen molar-refractivity contribution < 1.29 is 14.3 Å². The fourth-order valence-corrected chi connectivity index (χ4v) is 3.73. The maximum Gasteiger partial charge on any atom is 0.233 e. The predicted molar refractivity (Wildman–Crippen MR) is 92.8 cm³/mol. The molecule has 1 saturated heterocycles. The Bertz CT molecular complexity index is 651. The number of amides is 2. The first-order chi connectivity index (χ1) is 11.5. The molecule has 1 aliphatic carbocycles. The van der Waals surface area contributed by atoms with Crippen LogP contribution in [0.15, 0.2) is 30.4 Å². The van der Waals surface area contributed by atoms with E-state index in [1.807, 2.05) is 24.3 Å². The van der Waals surface area contributed by atoms with E-state index < -0.39 is 0 Å². The standard InChI is InChI=1S/C20H25NO3/c1-13(2)16-9-8-15(12-14(16)3)24-11-10-21-19(22)17-6-4-5-7-18(17)20(21)23/h4-5,8-9,12-13,17-18H,6-7,10-11H2,1-3H3. The van der Waals surface area contributed by atoms with Crippen LogP contribution in [0.5, 0.6) is 5.75 Å². The molecule has 0 saturated carbocycles. The van der Waals surface area contributed by atoms with Crippen LogP contribution in [0.25, 0.3) is 0 Å². The van der Waals surface area contributed by atoms with Crippen molar-refractivity contribution in [2.75, 3.05) is 13.2 Å². The number of allylic oxidation sites excluding steroid dienone is 2. The molecule has 24 heavy (non-hydrogen) atoms. The monoisotopic (exact) mass is 327 g/mol. The van der Waals surface area contributed by atoms with Gasteiger partial charge in [-0.2, -0.15) is 0 Å². The molecule has 1 aliphatic heterocycles. The number of nitrogens with zero attached hydrogens (tertiary/aromatic N) is 1. The molecule has 1 fully saturated rings. The molecule has 0 aromatic heterocycles. The average molecular weight is 327 g/mol. The maximum atomic E-state index is 12.4. The van der Waals surface area contributed by atoms with E-state index in [1.165, 1.54) is 16.0 Å². The Kier molecular flexibility index (Phi) is 4.74. The minimum Gasteiger partial charge on any atom is -0.492 e. The van der Waals surface area contributed by atoms with Gasteiger partial charge >= 0.3 is 0 Å². The predicted octanol–water partition coefficient (Wildman–Crippen LogP) is 3.45. The summed E-state index contributed by atoms with van der Waals surface area (Å²) in [6, 6.07) is 6.06. The van der Waals surface area contributed by atoms with Crippen molar-refractivity contribution in [3.63, 3.8) is 0 Å². The highest BCUT2D eigenvalue weighted by molar-refractivity contribution is 6.05. The third kappa shape index (κ3) is 3.10. The molecule has 0 radical (unpaired) electrons. The molecule has 2 aliphatic rings. The zero-order valence-corrected chi connectivity index (χ0v) is 14.6. The van der Waals surface area contributed by atoms with Gasteiger partial charge in [0.1, 0.15) is 12.4 Å². The summed E-state index contributed by atoms with van der Waals surface area (Å²) in [6.45, 7) is 7.08. The average Bonchev–Trinajstić information content (AvgIpc) is 2.80. The number of hydrogen-bond donors (Lipinski definition) is 0. The second kappa shape index (κ2) is 6.80. The van der Waals surface area contributed by atoms with Crippen molar-refractivity contribution in [2.45, 2.75) is 39.5 Å². The normalized spacial score (nSPS) is 23.1. The van der Waals surface area contributed by atoms with Crippen LogP contribution in [0.2, 0.25) is 0 Å². The first kappa shape index (κ1) is 16.7. The van der Waals surface area contributed by atoms with Crippen molar-refractivity contribution in [3.8, 4) is 5.75 Å². The van der Waals surface area contributed by atoms with Gasteiger partial charge in [0, 0.05) is 0 Å². The SMILES string of the molecule is Cc1cc(OCCN2C(=O)C3CC=CCC3C2=O)ccc1C(C)C. The zero-order valence-electron chi connectivity index (χ0n) is 14.6. The van der Waals surface area contributed by atoms with Gasteiger partial charge in [0.25, 0.3) is 0 Å². The Labute approximate surface area is 143 Å². The van der Waals surface area contributed by atoms with Gasteiger partial charge in [-0.15, -0.1) is 0 Å². The lowest BCUT2D eigenvalue weighted by atomic mass is 9.85. The van der Waals surface area contributed by atoms with Crippen LogP contribution in [0.3, 0.4) is 0 Å². The van der Waals surface area contributed by atoms with Crippen molar-refractivity contribution in [1.82, 2.24) is 4.90 Å². The molecule has 1 aromatic carbocycles. The summed E-state index contributed by atoms with van der Waals surface area (Å²) < 4.78 is 5.77. The van der Waals surface area contributed by atoms with Crippen LogP contribution in [0.4, 0.5) is 0 Å². The smallest absolute Gasteiger partial charge is 0.233 e. The molecule has 2 amide bonds. The van der Waals surface area contributed by atoms with Gasteiger partial charge in [-0.25, -0.2) is 0 Å². The largest absolute Gasteiger partial charge is 0.492 e. The molecule has 0 N–H and O–H groups in total. The number of likely N-dealkylation sites (tertiary alicyclic amines) is 1. The summed E-state index contributed by atoms with van der Waals surface area (Å²) in [4.78, 5) is 26.2. The number of hydrogen-bond acceptors (Lipinski definition) is 3. The summed E-state index contributed by atoms with van der Waals surface area (Å²) in [5.74, 6) is 0.879. The van der Waals surface area contributed by atoms with E-state index >= 15 is 0 Å². The van der Waals surface area contributed by atoms with Crippen molar-refractivity contribution in [3.05, 3.63) is 41.5 Å². The van der Waals surface area contributed by atoms with Gasteiger partial charge in [-0.05, 0) is 48.9 Å². The number of aryl methyl sites for hydroxylation is 1. The molecule has 128 valence electrons. The quantitative estimate of drug-likeness (QED) is 0.615. The van der Waals surface area contributed by atoms with E-state index in [1.54, 1.807) is 0 Å². The highest BCUT2D eigenvalue weighted by Gasteiger charge is 2.46. The third-order valence-electron chi connectivity index (χ3n) is 5.05. The maximum absolute atomic E-state index is 12.4. The Morgan fingerprint density at radius 2 is 1.75 bits per heavy atom. The van der Waals surface area contributed by atoms with E-state index in [0.29, 0.717) is 31.9 Å². The van der Waals surface area contributed by atoms with Crippen molar-refractivity contribution in [2.24, 2.45) is 11.8 Å². The van der Waals surface area contributed by atoms with Crippen LogP contribution in [0, 0.1) is 18.8 Å². The number of benzene rings is 1. The molecule has 4 nitrogen and oxygen atoms in total. The molecule has 0 bridgehead atoms. The fourth-order valence-electron chi connectivity index (χ4n) is 3.73. The third-order valence-corrected chi connectivity index (χ3v) is 5.05. The Balaban J connectivity index is 1.58. The molecule has 0 spiro atoms. The van der Waals surface area contributed by atoms with Crippen molar-refractivity contribution >= 4 is 11.8 Å². The van der Waals surface area contributed by atoms with Crippen LogP contribution in [-0.4, -0.2) is 29.9 Å². The molecule has 4 heteroatoms. The van der Waals surface area contributed by atoms with Gasteiger partial charge in [0.05, 0.1) is 18.4 Å². The second-order valence-corrected chi connectivity index (χ2v) is 7.01. The zero-order chi connectivity index (χ0) is 17.3. The van der Waals surface area contributed by atoms with Crippen LogP contribution >= 0.6 is 0 Å². The Morgan fingerprint density at radius 3 is 2.29 bits per heavy atom. The topological polar surface area (TPSA) is 46.6 Å². The highest BCUT2D eigenvalue weighted by Crippen LogP contribution is 2.34. The van der Waals surface area contributed by atoms with Crippen LogP contribution in [-0.2, 0) is 9.59 Å². The lowest BCUT2D eigenvalue weighted by Crippen LogP contribution is -2.34. The van der Waals surface area contributed by atoms with Crippen molar-refractivity contribution in [1.29, 1.82) is 0 Å². The Morgan fingerprint density at radius 1 is 1.12 bits per heavy atom. The van der Waals surface area contributed by atoms with E-state index in [9.17, 15) is 9.59 Å². The van der Waals surface area contributed by atoms with Gasteiger partial charge < -0.3 is 4.74 Å². The molecule has 1 heterocycles. The lowest BCUT2D eigenvalue weighted by molar-refractivity contribution is -0.140. The van der Waals surface area contributed by atoms with Crippen LogP contribution < -0.4 is 4.74 Å².